The van der Waals surface area contributed by atoms with E-state index in [0.717, 1.165) is 22.4 Å². The highest BCUT2D eigenvalue weighted by molar-refractivity contribution is 7.08. The second-order valence-corrected chi connectivity index (χ2v) is 4.61. The molecule has 0 saturated heterocycles. The number of hydrogen-bond acceptors (Lipinski definition) is 3. The predicted octanol–water partition coefficient (Wildman–Crippen LogP) is 3.18. The first-order valence-corrected chi connectivity index (χ1v) is 5.97. The van der Waals surface area contributed by atoms with E-state index in [-0.39, 0.29) is 5.78 Å². The zero-order chi connectivity index (χ0) is 11.7. The summed E-state index contributed by atoms with van der Waals surface area (Å²) in [6.45, 7) is 3.86. The van der Waals surface area contributed by atoms with Gasteiger partial charge in [-0.3, -0.25) is 4.79 Å². The lowest BCUT2D eigenvalue weighted by molar-refractivity contribution is 0.103. The summed E-state index contributed by atoms with van der Waals surface area (Å²) in [5.74, 6) is 0.0712. The Morgan fingerprint density at radius 1 is 1.19 bits per heavy atom. The lowest BCUT2D eigenvalue weighted by atomic mass is 10.0. The fourth-order valence-electron chi connectivity index (χ4n) is 1.57. The Bertz CT molecular complexity index is 543. The Balaban J connectivity index is 2.42. The number of carbonyl (C=O) groups is 1. The van der Waals surface area contributed by atoms with E-state index < -0.39 is 0 Å². The first kappa shape index (κ1) is 10.9. The van der Waals surface area contributed by atoms with Crippen LogP contribution in [0, 0.1) is 13.8 Å². The van der Waals surface area contributed by atoms with Gasteiger partial charge in [0, 0.05) is 22.2 Å². The summed E-state index contributed by atoms with van der Waals surface area (Å²) < 4.78 is 0. The lowest BCUT2D eigenvalue weighted by Crippen LogP contribution is -2.02. The molecule has 0 fully saturated rings. The summed E-state index contributed by atoms with van der Waals surface area (Å²) in [4.78, 5) is 12.2. The minimum absolute atomic E-state index is 0.0712. The van der Waals surface area contributed by atoms with Crippen LogP contribution in [0.4, 0.5) is 5.69 Å². The molecule has 0 aliphatic rings. The summed E-state index contributed by atoms with van der Waals surface area (Å²) in [7, 11) is 0. The maximum Gasteiger partial charge on any atom is 0.194 e. The average molecular weight is 231 g/mol. The maximum absolute atomic E-state index is 12.2. The van der Waals surface area contributed by atoms with Crippen molar-refractivity contribution in [2.45, 2.75) is 13.8 Å². The van der Waals surface area contributed by atoms with E-state index in [2.05, 4.69) is 0 Å². The molecule has 1 aromatic carbocycles. The number of thiophene rings is 1. The number of hydrogen-bond donors (Lipinski definition) is 1. The molecule has 2 aromatic rings. The van der Waals surface area contributed by atoms with Crippen molar-refractivity contribution in [2.75, 3.05) is 5.73 Å². The third kappa shape index (κ3) is 1.86. The first-order chi connectivity index (χ1) is 7.59. The van der Waals surface area contributed by atoms with Gasteiger partial charge in [0.25, 0.3) is 0 Å². The summed E-state index contributed by atoms with van der Waals surface area (Å²) >= 11 is 1.55. The fraction of sp³-hybridized carbons (Fsp3) is 0.154. The van der Waals surface area contributed by atoms with Crippen molar-refractivity contribution in [1.82, 2.24) is 0 Å². The molecule has 0 saturated carbocycles. The average Bonchev–Trinajstić information content (AvgIpc) is 2.67. The molecule has 0 aliphatic heterocycles. The maximum atomic E-state index is 12.2. The van der Waals surface area contributed by atoms with Gasteiger partial charge in [0.2, 0.25) is 0 Å². The number of nitrogens with two attached hydrogens (primary N) is 1. The van der Waals surface area contributed by atoms with Crippen LogP contribution in [-0.2, 0) is 0 Å². The highest BCUT2D eigenvalue weighted by atomic mass is 32.1. The fourth-order valence-corrected chi connectivity index (χ4v) is 2.39. The van der Waals surface area contributed by atoms with Crippen LogP contribution in [0.3, 0.4) is 0 Å². The van der Waals surface area contributed by atoms with Gasteiger partial charge in [-0.25, -0.2) is 0 Å². The van der Waals surface area contributed by atoms with E-state index in [1.54, 1.807) is 23.5 Å². The van der Waals surface area contributed by atoms with Crippen LogP contribution in [0.25, 0.3) is 0 Å². The van der Waals surface area contributed by atoms with Crippen LogP contribution >= 0.6 is 11.3 Å². The van der Waals surface area contributed by atoms with Crippen molar-refractivity contribution in [2.24, 2.45) is 0 Å². The molecule has 0 atom stereocenters. The number of carbonyl (C=O) groups excluding carboxylic acids is 1. The van der Waals surface area contributed by atoms with E-state index in [9.17, 15) is 4.79 Å². The highest BCUT2D eigenvalue weighted by Crippen LogP contribution is 2.20. The minimum Gasteiger partial charge on any atom is -0.399 e. The number of benzene rings is 1. The number of nitrogen functional groups attached to an aromatic ring is 1. The van der Waals surface area contributed by atoms with Crippen molar-refractivity contribution in [3.63, 3.8) is 0 Å². The molecule has 3 heteroatoms. The van der Waals surface area contributed by atoms with E-state index in [1.807, 2.05) is 30.7 Å². The standard InChI is InChI=1S/C13H13NOS/c1-8-5-10(3-4-12(8)14)13(15)11-7-16-6-9(11)2/h3-7H,14H2,1-2H3. The zero-order valence-corrected chi connectivity index (χ0v) is 10.1. The molecule has 2 nitrogen and oxygen atoms in total. The van der Waals surface area contributed by atoms with Crippen LogP contribution < -0.4 is 5.73 Å². The monoisotopic (exact) mass is 231 g/mol. The number of rotatable bonds is 2. The van der Waals surface area contributed by atoms with Gasteiger partial charge in [0.05, 0.1) is 0 Å². The topological polar surface area (TPSA) is 43.1 Å². The molecule has 0 amide bonds. The molecule has 0 aliphatic carbocycles. The van der Waals surface area contributed by atoms with Gasteiger partial charge in [0.15, 0.2) is 5.78 Å². The molecule has 82 valence electrons. The van der Waals surface area contributed by atoms with Crippen molar-refractivity contribution in [1.29, 1.82) is 0 Å². The summed E-state index contributed by atoms with van der Waals surface area (Å²) in [6.07, 6.45) is 0. The number of ketones is 1. The predicted molar refractivity (Wildman–Crippen MR) is 68.1 cm³/mol. The van der Waals surface area contributed by atoms with Crippen LogP contribution in [0.15, 0.2) is 29.0 Å². The Morgan fingerprint density at radius 3 is 2.50 bits per heavy atom. The van der Waals surface area contributed by atoms with Crippen LogP contribution in [0.2, 0.25) is 0 Å². The third-order valence-electron chi connectivity index (χ3n) is 2.63. The Hall–Kier alpha value is -1.61. The van der Waals surface area contributed by atoms with Crippen LogP contribution in [-0.4, -0.2) is 5.78 Å². The molecule has 0 unspecified atom stereocenters. The molecule has 2 N–H and O–H groups in total. The van der Waals surface area contributed by atoms with Gasteiger partial charge < -0.3 is 5.73 Å². The second-order valence-electron chi connectivity index (χ2n) is 3.87. The van der Waals surface area contributed by atoms with Gasteiger partial charge in [0.1, 0.15) is 0 Å². The van der Waals surface area contributed by atoms with E-state index >= 15 is 0 Å². The van der Waals surface area contributed by atoms with E-state index in [0.29, 0.717) is 5.56 Å². The minimum atomic E-state index is 0.0712. The van der Waals surface area contributed by atoms with Gasteiger partial charge in [-0.1, -0.05) is 0 Å². The zero-order valence-electron chi connectivity index (χ0n) is 9.28. The van der Waals surface area contributed by atoms with Crippen molar-refractivity contribution < 1.29 is 4.79 Å². The van der Waals surface area contributed by atoms with Crippen molar-refractivity contribution in [3.8, 4) is 0 Å². The third-order valence-corrected chi connectivity index (χ3v) is 3.49. The normalized spacial score (nSPS) is 10.4. The number of anilines is 1. The summed E-state index contributed by atoms with van der Waals surface area (Å²) in [6, 6.07) is 5.40. The Labute approximate surface area is 98.7 Å². The number of aryl methyl sites for hydroxylation is 2. The van der Waals surface area contributed by atoms with Crippen LogP contribution in [0.1, 0.15) is 27.0 Å². The molecule has 2 rings (SSSR count). The SMILES string of the molecule is Cc1cc(C(=O)c2cscc2C)ccc1N. The highest BCUT2D eigenvalue weighted by Gasteiger charge is 2.12. The van der Waals surface area contributed by atoms with Crippen molar-refractivity contribution in [3.05, 3.63) is 51.2 Å². The summed E-state index contributed by atoms with van der Waals surface area (Å²) in [5.41, 5.74) is 9.91. The van der Waals surface area contributed by atoms with Gasteiger partial charge in [-0.2, -0.15) is 11.3 Å². The van der Waals surface area contributed by atoms with Gasteiger partial charge in [-0.15, -0.1) is 0 Å². The molecular formula is C13H13NOS. The van der Waals surface area contributed by atoms with E-state index in [1.165, 1.54) is 0 Å². The molecular weight excluding hydrogens is 218 g/mol. The van der Waals surface area contributed by atoms with Crippen LogP contribution in [0.5, 0.6) is 0 Å². The molecule has 0 radical (unpaired) electrons. The molecule has 1 aromatic heterocycles. The lowest BCUT2D eigenvalue weighted by Gasteiger charge is -2.04. The van der Waals surface area contributed by atoms with E-state index in [4.69, 9.17) is 5.73 Å². The molecule has 1 heterocycles. The largest absolute Gasteiger partial charge is 0.399 e. The Morgan fingerprint density at radius 2 is 1.94 bits per heavy atom. The molecule has 0 spiro atoms. The Kier molecular flexibility index (Phi) is 2.79. The van der Waals surface area contributed by atoms with Gasteiger partial charge in [-0.05, 0) is 48.6 Å². The smallest absolute Gasteiger partial charge is 0.194 e. The molecule has 0 bridgehead atoms. The summed E-state index contributed by atoms with van der Waals surface area (Å²) in [5, 5.41) is 3.88. The molecule has 16 heavy (non-hydrogen) atoms. The first-order valence-electron chi connectivity index (χ1n) is 5.03. The van der Waals surface area contributed by atoms with Crippen molar-refractivity contribution >= 4 is 22.8 Å². The van der Waals surface area contributed by atoms with Gasteiger partial charge >= 0.3 is 0 Å². The quantitative estimate of drug-likeness (QED) is 0.637. The second kappa shape index (κ2) is 4.10.